The number of esters is 1. The number of ether oxygens (including phenoxy) is 5. The fraction of sp³-hybridized carbons (Fsp3) is 0.689. The van der Waals surface area contributed by atoms with Crippen molar-refractivity contribution in [3.05, 3.63) is 89.5 Å². The summed E-state index contributed by atoms with van der Waals surface area (Å²) in [5.74, 6) is 3.92. The number of rotatable bonds is 17. The zero-order chi connectivity index (χ0) is 44.3. The number of carbonyl (C=O) groups is 1. The summed E-state index contributed by atoms with van der Waals surface area (Å²) in [4.78, 5) is 11.7. The molecular formula is C61H116O7. The maximum absolute atomic E-state index is 11.7. The molecule has 0 bridgehead atoms. The Labute approximate surface area is 425 Å². The van der Waals surface area contributed by atoms with E-state index in [0.717, 1.165) is 43.6 Å². The monoisotopic (exact) mass is 961 g/mol. The average molecular weight is 962 g/mol. The van der Waals surface area contributed by atoms with Crippen LogP contribution in [0.3, 0.4) is 0 Å². The first-order chi connectivity index (χ1) is 28.8. The number of hydrogen-bond acceptors (Lipinski definition) is 7. The van der Waals surface area contributed by atoms with Crippen LogP contribution in [0.5, 0.6) is 17.2 Å². The number of carbonyl (C=O) groups excluding carboxylic acids is 1. The van der Waals surface area contributed by atoms with Gasteiger partial charge in [-0.3, -0.25) is 4.79 Å². The highest BCUT2D eigenvalue weighted by atomic mass is 16.7. The molecule has 5 rings (SSSR count). The molecule has 7 heteroatoms. The molecule has 0 amide bonds. The van der Waals surface area contributed by atoms with E-state index in [9.17, 15) is 4.79 Å². The number of hydrogen-bond donors (Lipinski definition) is 1. The lowest BCUT2D eigenvalue weighted by Gasteiger charge is -2.27. The van der Waals surface area contributed by atoms with E-state index in [1.54, 1.807) is 12.1 Å². The minimum absolute atomic E-state index is 0. The molecule has 2 fully saturated rings. The molecule has 4 atom stereocenters. The molecule has 402 valence electrons. The van der Waals surface area contributed by atoms with Crippen molar-refractivity contribution in [2.75, 3.05) is 13.4 Å². The van der Waals surface area contributed by atoms with E-state index in [4.69, 9.17) is 28.8 Å². The van der Waals surface area contributed by atoms with Gasteiger partial charge in [0, 0.05) is 6.61 Å². The molecule has 2 aliphatic carbocycles. The molecule has 4 unspecified atom stereocenters. The van der Waals surface area contributed by atoms with Crippen molar-refractivity contribution >= 4 is 5.97 Å². The van der Waals surface area contributed by atoms with Gasteiger partial charge in [0.25, 0.3) is 0 Å². The summed E-state index contributed by atoms with van der Waals surface area (Å²) in [6.07, 6.45) is 16.9. The zero-order valence-electron chi connectivity index (χ0n) is 39.6. The van der Waals surface area contributed by atoms with E-state index in [1.165, 1.54) is 74.5 Å². The van der Waals surface area contributed by atoms with Crippen LogP contribution in [0, 0.1) is 5.41 Å². The van der Waals surface area contributed by atoms with Crippen LogP contribution < -0.4 is 9.47 Å². The lowest BCUT2D eigenvalue weighted by molar-refractivity contribution is -0.161. The summed E-state index contributed by atoms with van der Waals surface area (Å²) >= 11 is 0. The predicted octanol–water partition coefficient (Wildman–Crippen LogP) is 20.1. The number of phenolic OH excluding ortho intramolecular Hbond substituents is 1. The molecule has 0 spiro atoms. The molecule has 0 radical (unpaired) electrons. The van der Waals surface area contributed by atoms with Crippen molar-refractivity contribution in [2.24, 2.45) is 5.41 Å². The molecule has 2 aliphatic rings. The third kappa shape index (κ3) is 31.6. The fourth-order valence-electron chi connectivity index (χ4n) is 6.81. The van der Waals surface area contributed by atoms with Gasteiger partial charge in [0.15, 0.2) is 13.1 Å². The smallest absolute Gasteiger partial charge is 0.311 e. The standard InChI is InChI=1S/C17H26O2.C14H22O2.C12H22O2.C10H14O.8CH4/c1-3-14(2)15-9-11-17(12-10-15)19-13-18-16-7-5-4-6-8-16;1-5-11(3)13-7-9-14(10-8-13)16-12(4)15-6-2;1-4-12(2,3)11(13)14-10-8-6-5-7-9-10;1-3-8(2)9-4-6-10(11)7-5-9;;;;;;;;/h9-12,14,16H,3-8,13H2,1-2H3;7-12H,5-6H2,1-4H3;10H,4-9H2,1-3H3;4-8,11H,3H2,1-2H3;8*1H4. The van der Waals surface area contributed by atoms with E-state index in [2.05, 4.69) is 65.8 Å². The minimum Gasteiger partial charge on any atom is -0.508 e. The summed E-state index contributed by atoms with van der Waals surface area (Å²) in [6.45, 7) is 24.1. The highest BCUT2D eigenvalue weighted by Gasteiger charge is 2.30. The Balaban J connectivity index is -0.000000143. The molecule has 0 saturated heterocycles. The summed E-state index contributed by atoms with van der Waals surface area (Å²) in [5, 5.41) is 9.01. The predicted molar refractivity (Wildman–Crippen MR) is 303 cm³/mol. The Hall–Kier alpha value is -3.55. The Morgan fingerprint density at radius 1 is 0.559 bits per heavy atom. The average Bonchev–Trinajstić information content (AvgIpc) is 3.27. The van der Waals surface area contributed by atoms with Crippen LogP contribution in [0.4, 0.5) is 0 Å². The molecule has 0 aliphatic heterocycles. The van der Waals surface area contributed by atoms with Gasteiger partial charge in [0.2, 0.25) is 0 Å². The summed E-state index contributed by atoms with van der Waals surface area (Å²) in [5.41, 5.74) is 3.73. The van der Waals surface area contributed by atoms with E-state index < -0.39 is 0 Å². The maximum Gasteiger partial charge on any atom is 0.311 e. The largest absolute Gasteiger partial charge is 0.508 e. The number of aromatic hydroxyl groups is 1. The Morgan fingerprint density at radius 3 is 1.29 bits per heavy atom. The van der Waals surface area contributed by atoms with Gasteiger partial charge in [0.05, 0.1) is 11.5 Å². The minimum atomic E-state index is -0.308. The Bertz CT molecular complexity index is 1510. The Morgan fingerprint density at radius 2 is 0.926 bits per heavy atom. The molecule has 2 saturated carbocycles. The van der Waals surface area contributed by atoms with Crippen molar-refractivity contribution < 1.29 is 33.6 Å². The number of benzene rings is 3. The van der Waals surface area contributed by atoms with Crippen LogP contribution in [0.1, 0.15) is 260 Å². The number of phenols is 1. The van der Waals surface area contributed by atoms with E-state index >= 15 is 0 Å². The first-order valence-corrected chi connectivity index (χ1v) is 23.5. The molecule has 3 aromatic rings. The second-order valence-electron chi connectivity index (χ2n) is 17.4. The lowest BCUT2D eigenvalue weighted by Crippen LogP contribution is -2.31. The van der Waals surface area contributed by atoms with Gasteiger partial charge >= 0.3 is 5.97 Å². The van der Waals surface area contributed by atoms with Crippen molar-refractivity contribution in [1.82, 2.24) is 0 Å². The van der Waals surface area contributed by atoms with Crippen LogP contribution in [0.15, 0.2) is 72.8 Å². The van der Waals surface area contributed by atoms with Crippen molar-refractivity contribution in [2.45, 2.75) is 262 Å². The molecule has 0 heterocycles. The summed E-state index contributed by atoms with van der Waals surface area (Å²) in [6, 6.07) is 24.1. The van der Waals surface area contributed by atoms with Gasteiger partial charge in [-0.1, -0.05) is 170 Å². The SMILES string of the molecule is C.C.C.C.C.C.C.C.CCC(C)(C)C(=O)OC1CCCCC1.CCC(C)c1ccc(O)cc1.CCC(C)c1ccc(OCOC2CCCCC2)cc1.CCOC(C)Oc1ccc(C(C)CC)cc1. The second-order valence-corrected chi connectivity index (χ2v) is 17.4. The van der Waals surface area contributed by atoms with E-state index in [1.807, 2.05) is 71.0 Å². The van der Waals surface area contributed by atoms with Gasteiger partial charge in [-0.05, 0) is 163 Å². The van der Waals surface area contributed by atoms with Crippen LogP contribution in [0.2, 0.25) is 0 Å². The van der Waals surface area contributed by atoms with Crippen LogP contribution in [-0.4, -0.2) is 43.0 Å². The Kier molecular flexibility index (Phi) is 51.6. The summed E-state index contributed by atoms with van der Waals surface area (Å²) in [7, 11) is 0. The molecule has 68 heavy (non-hydrogen) atoms. The molecular weight excluding hydrogens is 845 g/mol. The zero-order valence-corrected chi connectivity index (χ0v) is 39.6. The van der Waals surface area contributed by atoms with Gasteiger partial charge in [-0.25, -0.2) is 0 Å². The third-order valence-electron chi connectivity index (χ3n) is 12.2. The normalized spacial score (nSPS) is 14.6. The topological polar surface area (TPSA) is 83.5 Å². The molecule has 1 N–H and O–H groups in total. The highest BCUT2D eigenvalue weighted by Crippen LogP contribution is 2.28. The lowest BCUT2D eigenvalue weighted by atomic mass is 9.90. The molecule has 3 aromatic carbocycles. The van der Waals surface area contributed by atoms with Gasteiger partial charge in [-0.15, -0.1) is 0 Å². The van der Waals surface area contributed by atoms with Crippen LogP contribution in [0.25, 0.3) is 0 Å². The van der Waals surface area contributed by atoms with Crippen LogP contribution >= 0.6 is 0 Å². The van der Waals surface area contributed by atoms with Crippen molar-refractivity contribution in [1.29, 1.82) is 0 Å². The van der Waals surface area contributed by atoms with Crippen molar-refractivity contribution in [3.63, 3.8) is 0 Å². The summed E-state index contributed by atoms with van der Waals surface area (Å²) < 4.78 is 27.8. The van der Waals surface area contributed by atoms with Gasteiger partial charge in [-0.2, -0.15) is 0 Å². The van der Waals surface area contributed by atoms with Gasteiger partial charge < -0.3 is 28.8 Å². The highest BCUT2D eigenvalue weighted by molar-refractivity contribution is 5.76. The third-order valence-corrected chi connectivity index (χ3v) is 12.2. The van der Waals surface area contributed by atoms with E-state index in [0.29, 0.717) is 43.0 Å². The fourth-order valence-corrected chi connectivity index (χ4v) is 6.81. The van der Waals surface area contributed by atoms with Gasteiger partial charge in [0.1, 0.15) is 23.4 Å². The molecule has 0 aromatic heterocycles. The van der Waals surface area contributed by atoms with Crippen LogP contribution in [-0.2, 0) is 19.0 Å². The van der Waals surface area contributed by atoms with E-state index in [-0.39, 0.29) is 83.2 Å². The second kappa shape index (κ2) is 44.6. The first-order valence-electron chi connectivity index (χ1n) is 23.5. The quantitative estimate of drug-likeness (QED) is 0.107. The van der Waals surface area contributed by atoms with Crippen molar-refractivity contribution in [3.8, 4) is 17.2 Å². The first kappa shape index (κ1) is 78.6. The maximum atomic E-state index is 11.7. The molecule has 7 nitrogen and oxygen atoms in total.